The average molecular weight is 346 g/mol. The minimum absolute atomic E-state index is 0.415. The van der Waals surface area contributed by atoms with Gasteiger partial charge in [-0.1, -0.05) is 29.8 Å². The summed E-state index contributed by atoms with van der Waals surface area (Å²) in [7, 11) is 1.39. The molecule has 0 unspecified atom stereocenters. The lowest BCUT2D eigenvalue weighted by molar-refractivity contribution is -0.127. The second-order valence-electron chi connectivity index (χ2n) is 5.15. The highest BCUT2D eigenvalue weighted by Gasteiger charge is 2.23. The Labute approximate surface area is 143 Å². The fourth-order valence-corrected chi connectivity index (χ4v) is 2.77. The Morgan fingerprint density at radius 2 is 1.79 bits per heavy atom. The van der Waals surface area contributed by atoms with Crippen molar-refractivity contribution in [3.63, 3.8) is 0 Å². The maximum absolute atomic E-state index is 12.3. The first-order chi connectivity index (χ1) is 11.4. The van der Waals surface area contributed by atoms with E-state index in [0.29, 0.717) is 4.88 Å². The molecule has 1 heterocycles. The van der Waals surface area contributed by atoms with Gasteiger partial charge in [0.1, 0.15) is 4.88 Å². The lowest BCUT2D eigenvalue weighted by atomic mass is 10.1. The first kappa shape index (κ1) is 17.7. The van der Waals surface area contributed by atoms with E-state index in [4.69, 9.17) is 4.74 Å². The van der Waals surface area contributed by atoms with E-state index in [1.807, 2.05) is 37.3 Å². The largest absolute Gasteiger partial charge is 0.448 e. The number of amides is 3. The molecular formula is C17H18N2O4S. The van der Waals surface area contributed by atoms with Crippen molar-refractivity contribution in [1.29, 1.82) is 0 Å². The molecule has 0 saturated carbocycles. The normalized spacial score (nSPS) is 11.5. The Morgan fingerprint density at radius 3 is 2.42 bits per heavy atom. The van der Waals surface area contributed by atoms with Crippen LogP contribution < -0.4 is 10.6 Å². The van der Waals surface area contributed by atoms with Gasteiger partial charge in [-0.3, -0.25) is 10.1 Å². The first-order valence-electron chi connectivity index (χ1n) is 7.30. The Kier molecular flexibility index (Phi) is 5.70. The van der Waals surface area contributed by atoms with Gasteiger partial charge < -0.3 is 10.1 Å². The number of carbonyl (C=O) groups excluding carboxylic acids is 3. The standard InChI is InChI=1S/C17H18N2O4S/c1-10-4-6-12(7-5-10)13-8-9-24-14(13)16(21)23-11(2)15(20)19-17(22)18-3/h4-9,11H,1-3H3,(H2,18,19,20,22)/t11-/m1/s1. The number of urea groups is 1. The van der Waals surface area contributed by atoms with Crippen LogP contribution in [0.4, 0.5) is 4.79 Å². The fourth-order valence-electron chi connectivity index (χ4n) is 1.97. The summed E-state index contributed by atoms with van der Waals surface area (Å²) >= 11 is 1.24. The number of ether oxygens (including phenoxy) is 1. The Morgan fingerprint density at radius 1 is 1.12 bits per heavy atom. The summed E-state index contributed by atoms with van der Waals surface area (Å²) in [6.07, 6.45) is -1.08. The predicted octanol–water partition coefficient (Wildman–Crippen LogP) is 2.72. The summed E-state index contributed by atoms with van der Waals surface area (Å²) in [5.74, 6) is -1.28. The number of carbonyl (C=O) groups is 3. The SMILES string of the molecule is CNC(=O)NC(=O)[C@@H](C)OC(=O)c1sccc1-c1ccc(C)cc1. The number of hydrogen-bond acceptors (Lipinski definition) is 5. The number of hydrogen-bond donors (Lipinski definition) is 2. The van der Waals surface area contributed by atoms with E-state index in [0.717, 1.165) is 16.7 Å². The molecule has 0 aliphatic carbocycles. The maximum atomic E-state index is 12.3. The van der Waals surface area contributed by atoms with Crippen LogP contribution in [0.2, 0.25) is 0 Å². The number of imide groups is 1. The number of thiophene rings is 1. The van der Waals surface area contributed by atoms with E-state index in [2.05, 4.69) is 10.6 Å². The third-order valence-corrected chi connectivity index (χ3v) is 4.22. The molecule has 24 heavy (non-hydrogen) atoms. The Balaban J connectivity index is 2.11. The van der Waals surface area contributed by atoms with E-state index >= 15 is 0 Å². The molecule has 2 rings (SSSR count). The molecule has 0 aliphatic heterocycles. The lowest BCUT2D eigenvalue weighted by Gasteiger charge is -2.13. The zero-order chi connectivity index (χ0) is 17.7. The number of esters is 1. The van der Waals surface area contributed by atoms with Crippen molar-refractivity contribution in [2.45, 2.75) is 20.0 Å². The molecule has 126 valence electrons. The van der Waals surface area contributed by atoms with Gasteiger partial charge in [-0.15, -0.1) is 11.3 Å². The summed E-state index contributed by atoms with van der Waals surface area (Å²) in [5.41, 5.74) is 2.78. The molecule has 0 bridgehead atoms. The summed E-state index contributed by atoms with van der Waals surface area (Å²) in [4.78, 5) is 35.7. The lowest BCUT2D eigenvalue weighted by Crippen LogP contribution is -2.43. The van der Waals surface area contributed by atoms with Gasteiger partial charge in [-0.2, -0.15) is 0 Å². The number of benzene rings is 1. The summed E-state index contributed by atoms with van der Waals surface area (Å²) in [6, 6.07) is 8.95. The van der Waals surface area contributed by atoms with Gasteiger partial charge in [0, 0.05) is 12.6 Å². The third kappa shape index (κ3) is 4.20. The van der Waals surface area contributed by atoms with Crippen LogP contribution in [0.5, 0.6) is 0 Å². The van der Waals surface area contributed by atoms with Crippen LogP contribution in [0.25, 0.3) is 11.1 Å². The minimum atomic E-state index is -1.08. The molecule has 3 amide bonds. The zero-order valence-corrected chi connectivity index (χ0v) is 14.4. The van der Waals surface area contributed by atoms with Crippen molar-refractivity contribution in [3.05, 3.63) is 46.2 Å². The van der Waals surface area contributed by atoms with Gasteiger partial charge in [0.25, 0.3) is 5.91 Å². The van der Waals surface area contributed by atoms with Crippen LogP contribution in [0.1, 0.15) is 22.2 Å². The number of aryl methyl sites for hydroxylation is 1. The van der Waals surface area contributed by atoms with Crippen molar-refractivity contribution in [3.8, 4) is 11.1 Å². The van der Waals surface area contributed by atoms with Crippen molar-refractivity contribution >= 4 is 29.2 Å². The maximum Gasteiger partial charge on any atom is 0.349 e. The summed E-state index contributed by atoms with van der Waals surface area (Å²) < 4.78 is 5.17. The molecule has 7 heteroatoms. The van der Waals surface area contributed by atoms with Crippen LogP contribution in [-0.2, 0) is 9.53 Å². The highest BCUT2D eigenvalue weighted by Crippen LogP contribution is 2.29. The van der Waals surface area contributed by atoms with Gasteiger partial charge >= 0.3 is 12.0 Å². The zero-order valence-electron chi connectivity index (χ0n) is 13.6. The molecule has 0 spiro atoms. The van der Waals surface area contributed by atoms with E-state index in [9.17, 15) is 14.4 Å². The molecule has 0 fully saturated rings. The van der Waals surface area contributed by atoms with Crippen molar-refractivity contribution in [2.24, 2.45) is 0 Å². The summed E-state index contributed by atoms with van der Waals surface area (Å²) in [6.45, 7) is 3.40. The highest BCUT2D eigenvalue weighted by molar-refractivity contribution is 7.12. The molecule has 2 N–H and O–H groups in total. The molecular weight excluding hydrogens is 328 g/mol. The van der Waals surface area contributed by atoms with E-state index in [1.54, 1.807) is 5.38 Å². The molecule has 1 aromatic carbocycles. The van der Waals surface area contributed by atoms with Gasteiger partial charge in [0.05, 0.1) is 0 Å². The van der Waals surface area contributed by atoms with Crippen LogP contribution >= 0.6 is 11.3 Å². The van der Waals surface area contributed by atoms with Gasteiger partial charge in [0.2, 0.25) is 0 Å². The van der Waals surface area contributed by atoms with Crippen molar-refractivity contribution in [2.75, 3.05) is 7.05 Å². The molecule has 0 radical (unpaired) electrons. The van der Waals surface area contributed by atoms with Crippen molar-refractivity contribution in [1.82, 2.24) is 10.6 Å². The molecule has 1 atom stereocenters. The quantitative estimate of drug-likeness (QED) is 0.834. The van der Waals surface area contributed by atoms with E-state index in [1.165, 1.54) is 25.3 Å². The van der Waals surface area contributed by atoms with Crippen LogP contribution in [0.15, 0.2) is 35.7 Å². The highest BCUT2D eigenvalue weighted by atomic mass is 32.1. The molecule has 0 saturated heterocycles. The second kappa shape index (κ2) is 7.74. The molecule has 6 nitrogen and oxygen atoms in total. The van der Waals surface area contributed by atoms with Gasteiger partial charge in [-0.05, 0) is 30.9 Å². The number of rotatable bonds is 4. The van der Waals surface area contributed by atoms with Crippen LogP contribution in [0.3, 0.4) is 0 Å². The topological polar surface area (TPSA) is 84.5 Å². The predicted molar refractivity (Wildman–Crippen MR) is 92.0 cm³/mol. The smallest absolute Gasteiger partial charge is 0.349 e. The minimum Gasteiger partial charge on any atom is -0.448 e. The molecule has 2 aromatic rings. The third-order valence-electron chi connectivity index (χ3n) is 3.33. The Bertz CT molecular complexity index is 752. The Hall–Kier alpha value is -2.67. The van der Waals surface area contributed by atoms with Gasteiger partial charge in [-0.25, -0.2) is 9.59 Å². The second-order valence-corrected chi connectivity index (χ2v) is 6.06. The number of nitrogens with one attached hydrogen (secondary N) is 2. The average Bonchev–Trinajstić information content (AvgIpc) is 3.04. The van der Waals surface area contributed by atoms with Crippen LogP contribution in [-0.4, -0.2) is 31.1 Å². The van der Waals surface area contributed by atoms with Crippen molar-refractivity contribution < 1.29 is 19.1 Å². The summed E-state index contributed by atoms with van der Waals surface area (Å²) in [5, 5.41) is 6.12. The van der Waals surface area contributed by atoms with E-state index < -0.39 is 24.0 Å². The molecule has 0 aliphatic rings. The first-order valence-corrected chi connectivity index (χ1v) is 8.18. The van der Waals surface area contributed by atoms with E-state index in [-0.39, 0.29) is 0 Å². The molecule has 1 aromatic heterocycles. The van der Waals surface area contributed by atoms with Gasteiger partial charge in [0.15, 0.2) is 6.10 Å². The monoisotopic (exact) mass is 346 g/mol. The van der Waals surface area contributed by atoms with Crippen LogP contribution in [0, 0.1) is 6.92 Å². The fraction of sp³-hybridized carbons (Fsp3) is 0.235.